The second-order valence-corrected chi connectivity index (χ2v) is 3.75. The maximum Gasteiger partial charge on any atom is 1.00 e. The molecule has 0 radical (unpaired) electrons. The molecule has 0 saturated heterocycles. The molecular weight excluding hydrogens is 299 g/mol. The third kappa shape index (κ3) is 18.8. The second kappa shape index (κ2) is 13.8. The van der Waals surface area contributed by atoms with Gasteiger partial charge in [0.25, 0.3) is 0 Å². The molecule has 0 aliphatic carbocycles. The molecule has 11 heteroatoms. The average Bonchev–Trinajstić information content (AvgIpc) is 2.33. The van der Waals surface area contributed by atoms with Crippen LogP contribution in [0.4, 0.5) is 0 Å². The van der Waals surface area contributed by atoms with Crippen molar-refractivity contribution in [1.29, 1.82) is 0 Å². The van der Waals surface area contributed by atoms with Gasteiger partial charge in [0, 0.05) is 12.8 Å². The van der Waals surface area contributed by atoms with E-state index in [1.807, 2.05) is 0 Å². The molecule has 118 valence electrons. The summed E-state index contributed by atoms with van der Waals surface area (Å²) in [6.45, 7) is 0. The van der Waals surface area contributed by atoms with Crippen LogP contribution in [0.3, 0.4) is 0 Å². The fraction of sp³-hybridized carbons (Fsp3) is 0.600. The van der Waals surface area contributed by atoms with Crippen LogP contribution in [-0.4, -0.2) is 56.4 Å². The second-order valence-electron chi connectivity index (χ2n) is 3.75. The molecule has 0 rings (SSSR count). The molecular formula is C10H19N2NaO8. The van der Waals surface area contributed by atoms with Crippen LogP contribution < -0.4 is 41.0 Å². The number of hydrogen-bond acceptors (Lipinski definition) is 6. The minimum Gasteiger partial charge on any atom is -1.00 e. The molecule has 0 aliphatic rings. The molecule has 0 unspecified atom stereocenters. The fourth-order valence-corrected chi connectivity index (χ4v) is 0.805. The third-order valence-electron chi connectivity index (χ3n) is 1.97. The molecule has 0 aromatic heterocycles. The Bertz CT molecular complexity index is 335. The molecule has 0 fully saturated rings. The van der Waals surface area contributed by atoms with E-state index in [1.165, 1.54) is 0 Å². The minimum atomic E-state index is -1.17. The molecule has 2 atom stereocenters. The first-order valence-electron chi connectivity index (χ1n) is 5.48. The van der Waals surface area contributed by atoms with Crippen molar-refractivity contribution in [1.82, 2.24) is 0 Å². The number of rotatable bonds is 8. The topological polar surface area (TPSA) is 201 Å². The van der Waals surface area contributed by atoms with E-state index in [1.54, 1.807) is 0 Å². The summed E-state index contributed by atoms with van der Waals surface area (Å²) in [5.41, 5.74) is 10.0. The Balaban J connectivity index is -0.000000135. The van der Waals surface area contributed by atoms with Crippen molar-refractivity contribution in [3.8, 4) is 0 Å². The number of nitrogens with two attached hydrogens (primary N) is 2. The van der Waals surface area contributed by atoms with Crippen LogP contribution in [0.15, 0.2) is 0 Å². The van der Waals surface area contributed by atoms with Gasteiger partial charge < -0.3 is 33.3 Å². The van der Waals surface area contributed by atoms with E-state index in [-0.39, 0.29) is 56.7 Å². The Hall–Kier alpha value is -1.20. The maximum absolute atomic E-state index is 9.99. The first kappa shape index (κ1) is 24.8. The van der Waals surface area contributed by atoms with Crippen LogP contribution in [0.1, 0.15) is 27.1 Å². The van der Waals surface area contributed by atoms with E-state index in [0.717, 1.165) is 0 Å². The molecule has 0 amide bonds. The van der Waals surface area contributed by atoms with Crippen molar-refractivity contribution in [2.75, 3.05) is 0 Å². The summed E-state index contributed by atoms with van der Waals surface area (Å²) in [7, 11) is 0. The van der Waals surface area contributed by atoms with Crippen molar-refractivity contribution in [2.45, 2.75) is 37.8 Å². The summed E-state index contributed by atoms with van der Waals surface area (Å²) >= 11 is 0. The first-order chi connectivity index (χ1) is 9.07. The molecule has 8 N–H and O–H groups in total. The monoisotopic (exact) mass is 318 g/mol. The Morgan fingerprint density at radius 2 is 1.00 bits per heavy atom. The molecule has 21 heavy (non-hydrogen) atoms. The van der Waals surface area contributed by atoms with Crippen molar-refractivity contribution in [2.24, 2.45) is 11.5 Å². The zero-order valence-corrected chi connectivity index (χ0v) is 13.6. The number of hydrogen-bond donors (Lipinski definition) is 6. The zero-order chi connectivity index (χ0) is 16.3. The van der Waals surface area contributed by atoms with Gasteiger partial charge in [-0.3, -0.25) is 19.2 Å². The Kier molecular flexibility index (Phi) is 16.3. The molecule has 10 nitrogen and oxygen atoms in total. The van der Waals surface area contributed by atoms with Crippen LogP contribution in [0.25, 0.3) is 0 Å². The third-order valence-corrected chi connectivity index (χ3v) is 1.97. The van der Waals surface area contributed by atoms with E-state index in [0.29, 0.717) is 0 Å². The Labute approximate surface area is 143 Å². The van der Waals surface area contributed by atoms with Crippen LogP contribution in [0.2, 0.25) is 0 Å². The molecule has 0 heterocycles. The van der Waals surface area contributed by atoms with Gasteiger partial charge in [0.2, 0.25) is 0 Å². The fourth-order valence-electron chi connectivity index (χ4n) is 0.805. The van der Waals surface area contributed by atoms with Crippen LogP contribution in [0, 0.1) is 0 Å². The van der Waals surface area contributed by atoms with Crippen molar-refractivity contribution in [3.05, 3.63) is 0 Å². The average molecular weight is 318 g/mol. The van der Waals surface area contributed by atoms with Crippen LogP contribution in [0.5, 0.6) is 0 Å². The molecule has 0 bridgehead atoms. The van der Waals surface area contributed by atoms with Gasteiger partial charge >= 0.3 is 53.4 Å². The predicted octanol–water partition coefficient (Wildman–Crippen LogP) is -4.36. The predicted molar refractivity (Wildman–Crippen MR) is 66.1 cm³/mol. The standard InChI is InChI=1S/2C5H9NO4.Na.H/c2*6-3(5(9)10)1-2-4(7)8;;/h2*3H,1-2,6H2,(H,7,8)(H,9,10);;/q;;+1;-1/t2*3-;;/m00../s1. The number of aliphatic carboxylic acids is 4. The summed E-state index contributed by atoms with van der Waals surface area (Å²) in [5, 5.41) is 32.5. The normalized spacial score (nSPS) is 11.9. The van der Waals surface area contributed by atoms with Gasteiger partial charge in [-0.15, -0.1) is 0 Å². The molecule has 0 aliphatic heterocycles. The van der Waals surface area contributed by atoms with Gasteiger partial charge in [0.1, 0.15) is 12.1 Å². The van der Waals surface area contributed by atoms with Crippen molar-refractivity contribution < 1.29 is 70.6 Å². The minimum absolute atomic E-state index is 0. The molecule has 0 saturated carbocycles. The summed E-state index contributed by atoms with van der Waals surface area (Å²) in [4.78, 5) is 39.7. The van der Waals surface area contributed by atoms with Gasteiger partial charge in [-0.25, -0.2) is 0 Å². The van der Waals surface area contributed by atoms with Crippen LogP contribution >= 0.6 is 0 Å². The quantitative estimate of drug-likeness (QED) is 0.237. The van der Waals surface area contributed by atoms with E-state index in [9.17, 15) is 19.2 Å². The molecule has 0 aromatic rings. The van der Waals surface area contributed by atoms with E-state index >= 15 is 0 Å². The van der Waals surface area contributed by atoms with E-state index in [2.05, 4.69) is 0 Å². The van der Waals surface area contributed by atoms with Gasteiger partial charge in [-0.05, 0) is 12.8 Å². The Morgan fingerprint density at radius 3 is 1.14 bits per heavy atom. The number of carboxylic acid groups (broad SMARTS) is 4. The first-order valence-corrected chi connectivity index (χ1v) is 5.48. The van der Waals surface area contributed by atoms with Crippen LogP contribution in [-0.2, 0) is 19.2 Å². The molecule has 0 spiro atoms. The van der Waals surface area contributed by atoms with Gasteiger partial charge in [-0.1, -0.05) is 0 Å². The number of carboxylic acids is 4. The summed E-state index contributed by atoms with van der Waals surface area (Å²) in [6.07, 6.45) is -0.448. The van der Waals surface area contributed by atoms with Crippen molar-refractivity contribution >= 4 is 23.9 Å². The summed E-state index contributed by atoms with van der Waals surface area (Å²) in [5.74, 6) is -4.39. The SMILES string of the molecule is N[C@@H](CCC(=O)O)C(=O)O.N[C@@H](CCC(=O)O)C(=O)O.[H-].[Na+]. The van der Waals surface area contributed by atoms with E-state index < -0.39 is 36.0 Å². The molecule has 0 aromatic carbocycles. The smallest absolute Gasteiger partial charge is 1.00 e. The maximum atomic E-state index is 9.99. The van der Waals surface area contributed by atoms with E-state index in [4.69, 9.17) is 31.9 Å². The van der Waals surface area contributed by atoms with Crippen molar-refractivity contribution in [3.63, 3.8) is 0 Å². The van der Waals surface area contributed by atoms with Gasteiger partial charge in [0.05, 0.1) is 0 Å². The Morgan fingerprint density at radius 1 is 0.762 bits per heavy atom. The number of carbonyl (C=O) groups is 4. The largest absolute Gasteiger partial charge is 1.00 e. The van der Waals surface area contributed by atoms with Gasteiger partial charge in [0.15, 0.2) is 0 Å². The summed E-state index contributed by atoms with van der Waals surface area (Å²) < 4.78 is 0. The zero-order valence-electron chi connectivity index (χ0n) is 12.6. The summed E-state index contributed by atoms with van der Waals surface area (Å²) in [6, 6.07) is -2.12. The van der Waals surface area contributed by atoms with Gasteiger partial charge in [-0.2, -0.15) is 0 Å².